The van der Waals surface area contributed by atoms with Crippen LogP contribution in [0.5, 0.6) is 0 Å². The van der Waals surface area contributed by atoms with Gasteiger partial charge in [0.25, 0.3) is 0 Å². The SMILES string of the molecule is Cc1cc(C)nc(C(N)c2ccccc2)n1. The fourth-order valence-electron chi connectivity index (χ4n) is 1.70. The van der Waals surface area contributed by atoms with Crippen LogP contribution in [0.15, 0.2) is 36.4 Å². The maximum absolute atomic E-state index is 6.13. The predicted molar refractivity (Wildman–Crippen MR) is 64.0 cm³/mol. The van der Waals surface area contributed by atoms with E-state index in [-0.39, 0.29) is 6.04 Å². The van der Waals surface area contributed by atoms with E-state index in [2.05, 4.69) is 9.97 Å². The van der Waals surface area contributed by atoms with Gasteiger partial charge in [0.1, 0.15) is 5.82 Å². The van der Waals surface area contributed by atoms with E-state index in [1.807, 2.05) is 50.2 Å². The van der Waals surface area contributed by atoms with Crippen molar-refractivity contribution < 1.29 is 0 Å². The summed E-state index contributed by atoms with van der Waals surface area (Å²) in [4.78, 5) is 8.75. The number of rotatable bonds is 2. The Balaban J connectivity index is 2.37. The van der Waals surface area contributed by atoms with E-state index >= 15 is 0 Å². The van der Waals surface area contributed by atoms with Crippen molar-refractivity contribution in [2.75, 3.05) is 0 Å². The Kier molecular flexibility index (Phi) is 2.97. The molecule has 0 spiro atoms. The van der Waals surface area contributed by atoms with Crippen LogP contribution in [-0.4, -0.2) is 9.97 Å². The smallest absolute Gasteiger partial charge is 0.150 e. The Hall–Kier alpha value is -1.74. The van der Waals surface area contributed by atoms with Crippen LogP contribution in [0.2, 0.25) is 0 Å². The summed E-state index contributed by atoms with van der Waals surface area (Å²) in [6, 6.07) is 11.6. The van der Waals surface area contributed by atoms with Crippen LogP contribution in [0.4, 0.5) is 0 Å². The topological polar surface area (TPSA) is 51.8 Å². The van der Waals surface area contributed by atoms with Crippen molar-refractivity contribution in [1.29, 1.82) is 0 Å². The maximum Gasteiger partial charge on any atom is 0.150 e. The van der Waals surface area contributed by atoms with E-state index in [1.54, 1.807) is 0 Å². The highest BCUT2D eigenvalue weighted by Gasteiger charge is 2.11. The minimum Gasteiger partial charge on any atom is -0.318 e. The molecule has 1 heterocycles. The molecule has 0 aliphatic carbocycles. The molecule has 0 aliphatic heterocycles. The largest absolute Gasteiger partial charge is 0.318 e. The van der Waals surface area contributed by atoms with Gasteiger partial charge in [-0.05, 0) is 25.5 Å². The van der Waals surface area contributed by atoms with Crippen molar-refractivity contribution in [1.82, 2.24) is 9.97 Å². The van der Waals surface area contributed by atoms with E-state index in [0.29, 0.717) is 5.82 Å². The Morgan fingerprint density at radius 2 is 1.56 bits per heavy atom. The van der Waals surface area contributed by atoms with Crippen LogP contribution >= 0.6 is 0 Å². The van der Waals surface area contributed by atoms with Crippen molar-refractivity contribution >= 4 is 0 Å². The third kappa shape index (κ3) is 2.25. The summed E-state index contributed by atoms with van der Waals surface area (Å²) < 4.78 is 0. The number of hydrogen-bond donors (Lipinski definition) is 1. The molecule has 0 saturated carbocycles. The third-order valence-electron chi connectivity index (χ3n) is 2.44. The molecule has 0 aliphatic rings. The highest BCUT2D eigenvalue weighted by Crippen LogP contribution is 2.16. The molecule has 82 valence electrons. The van der Waals surface area contributed by atoms with E-state index in [4.69, 9.17) is 5.73 Å². The van der Waals surface area contributed by atoms with Gasteiger partial charge in [-0.1, -0.05) is 30.3 Å². The summed E-state index contributed by atoms with van der Waals surface area (Å²) >= 11 is 0. The molecular formula is C13H15N3. The van der Waals surface area contributed by atoms with E-state index < -0.39 is 0 Å². The summed E-state index contributed by atoms with van der Waals surface area (Å²) in [5, 5.41) is 0. The summed E-state index contributed by atoms with van der Waals surface area (Å²) in [6.07, 6.45) is 0. The monoisotopic (exact) mass is 213 g/mol. The summed E-state index contributed by atoms with van der Waals surface area (Å²) in [5.74, 6) is 0.684. The first kappa shape index (κ1) is 10.8. The Labute approximate surface area is 95.4 Å². The van der Waals surface area contributed by atoms with Crippen molar-refractivity contribution in [3.63, 3.8) is 0 Å². The number of aromatic nitrogens is 2. The van der Waals surface area contributed by atoms with Gasteiger partial charge in [-0.15, -0.1) is 0 Å². The normalized spacial score (nSPS) is 12.4. The first-order valence-corrected chi connectivity index (χ1v) is 5.29. The Morgan fingerprint density at radius 1 is 1.00 bits per heavy atom. The standard InChI is InChI=1S/C13H15N3/c1-9-8-10(2)16-13(15-9)12(14)11-6-4-3-5-7-11/h3-8,12H,14H2,1-2H3. The van der Waals surface area contributed by atoms with Gasteiger partial charge >= 0.3 is 0 Å². The summed E-state index contributed by atoms with van der Waals surface area (Å²) in [6.45, 7) is 3.91. The molecule has 3 heteroatoms. The first-order valence-electron chi connectivity index (χ1n) is 5.29. The molecule has 1 aromatic carbocycles. The molecule has 1 aromatic heterocycles. The third-order valence-corrected chi connectivity index (χ3v) is 2.44. The molecular weight excluding hydrogens is 198 g/mol. The highest BCUT2D eigenvalue weighted by atomic mass is 14.9. The fraction of sp³-hybridized carbons (Fsp3) is 0.231. The minimum atomic E-state index is -0.250. The molecule has 2 rings (SSSR count). The lowest BCUT2D eigenvalue weighted by Gasteiger charge is -2.11. The molecule has 2 aromatic rings. The van der Waals surface area contributed by atoms with Gasteiger partial charge in [-0.2, -0.15) is 0 Å². The van der Waals surface area contributed by atoms with Crippen molar-refractivity contribution in [2.24, 2.45) is 5.73 Å². The molecule has 0 fully saturated rings. The zero-order valence-corrected chi connectivity index (χ0v) is 9.51. The molecule has 0 saturated heterocycles. The highest BCUT2D eigenvalue weighted by molar-refractivity contribution is 5.25. The van der Waals surface area contributed by atoms with Gasteiger partial charge in [0.15, 0.2) is 0 Å². The van der Waals surface area contributed by atoms with E-state index in [1.165, 1.54) is 0 Å². The first-order chi connectivity index (χ1) is 7.66. The van der Waals surface area contributed by atoms with Crippen LogP contribution < -0.4 is 5.73 Å². The van der Waals surface area contributed by atoms with Crippen molar-refractivity contribution in [2.45, 2.75) is 19.9 Å². The zero-order chi connectivity index (χ0) is 11.5. The second-order valence-electron chi connectivity index (χ2n) is 3.90. The lowest BCUT2D eigenvalue weighted by Crippen LogP contribution is -2.16. The number of benzene rings is 1. The predicted octanol–water partition coefficient (Wildman–Crippen LogP) is 2.14. The van der Waals surface area contributed by atoms with Crippen LogP contribution in [0.3, 0.4) is 0 Å². The van der Waals surface area contributed by atoms with Gasteiger partial charge in [-0.3, -0.25) is 0 Å². The lowest BCUT2D eigenvalue weighted by atomic mass is 10.1. The molecule has 1 unspecified atom stereocenters. The van der Waals surface area contributed by atoms with Gasteiger partial charge in [-0.25, -0.2) is 9.97 Å². The molecule has 0 bridgehead atoms. The quantitative estimate of drug-likeness (QED) is 0.831. The van der Waals surface area contributed by atoms with Crippen LogP contribution in [0.1, 0.15) is 28.8 Å². The molecule has 16 heavy (non-hydrogen) atoms. The number of nitrogens with zero attached hydrogens (tertiary/aromatic N) is 2. The molecule has 0 radical (unpaired) electrons. The van der Waals surface area contributed by atoms with E-state index in [0.717, 1.165) is 17.0 Å². The second kappa shape index (κ2) is 4.41. The van der Waals surface area contributed by atoms with Gasteiger partial charge < -0.3 is 5.73 Å². The molecule has 0 amide bonds. The Morgan fingerprint density at radius 3 is 2.12 bits per heavy atom. The number of nitrogens with two attached hydrogens (primary N) is 1. The number of aryl methyl sites for hydroxylation is 2. The molecule has 2 N–H and O–H groups in total. The average Bonchev–Trinajstić information content (AvgIpc) is 2.28. The van der Waals surface area contributed by atoms with Crippen molar-refractivity contribution in [3.05, 3.63) is 59.2 Å². The molecule has 1 atom stereocenters. The van der Waals surface area contributed by atoms with Crippen LogP contribution in [-0.2, 0) is 0 Å². The number of hydrogen-bond acceptors (Lipinski definition) is 3. The lowest BCUT2D eigenvalue weighted by molar-refractivity contribution is 0.765. The second-order valence-corrected chi connectivity index (χ2v) is 3.90. The van der Waals surface area contributed by atoms with Crippen molar-refractivity contribution in [3.8, 4) is 0 Å². The van der Waals surface area contributed by atoms with Gasteiger partial charge in [0.2, 0.25) is 0 Å². The van der Waals surface area contributed by atoms with Crippen LogP contribution in [0.25, 0.3) is 0 Å². The summed E-state index contributed by atoms with van der Waals surface area (Å²) in [7, 11) is 0. The zero-order valence-electron chi connectivity index (χ0n) is 9.51. The van der Waals surface area contributed by atoms with Crippen LogP contribution in [0, 0.1) is 13.8 Å². The van der Waals surface area contributed by atoms with Gasteiger partial charge in [0, 0.05) is 11.4 Å². The molecule has 3 nitrogen and oxygen atoms in total. The summed E-state index contributed by atoms with van der Waals surface area (Å²) in [5.41, 5.74) is 9.07. The van der Waals surface area contributed by atoms with Gasteiger partial charge in [0.05, 0.1) is 6.04 Å². The fourth-order valence-corrected chi connectivity index (χ4v) is 1.70. The minimum absolute atomic E-state index is 0.250. The average molecular weight is 213 g/mol. The maximum atomic E-state index is 6.13. The van der Waals surface area contributed by atoms with E-state index in [9.17, 15) is 0 Å². The Bertz CT molecular complexity index is 460.